The standard InChI is InChI=1S/C18H18N4O3/c1-2-25-18(24)21-11-14-10-13(6-8-20-14)17(23)22-9-7-12-4-3-5-15(19)16(12)22/h3-10H,2,11,19H2,1H3,(H,21,24). The van der Waals surface area contributed by atoms with E-state index in [4.69, 9.17) is 10.5 Å². The van der Waals surface area contributed by atoms with Crippen molar-refractivity contribution in [2.45, 2.75) is 13.5 Å². The number of nitrogens with two attached hydrogens (primary N) is 1. The Labute approximate surface area is 144 Å². The van der Waals surface area contributed by atoms with Crippen molar-refractivity contribution >= 4 is 28.6 Å². The maximum absolute atomic E-state index is 12.8. The van der Waals surface area contributed by atoms with E-state index < -0.39 is 6.09 Å². The van der Waals surface area contributed by atoms with E-state index in [1.807, 2.05) is 18.2 Å². The number of benzene rings is 1. The molecule has 7 heteroatoms. The van der Waals surface area contributed by atoms with Crippen molar-refractivity contribution in [3.05, 3.63) is 60.0 Å². The van der Waals surface area contributed by atoms with Gasteiger partial charge >= 0.3 is 6.09 Å². The van der Waals surface area contributed by atoms with Gasteiger partial charge in [0, 0.05) is 23.3 Å². The maximum Gasteiger partial charge on any atom is 0.407 e. The van der Waals surface area contributed by atoms with Gasteiger partial charge in [0.05, 0.1) is 30.0 Å². The highest BCUT2D eigenvalue weighted by Gasteiger charge is 2.14. The van der Waals surface area contributed by atoms with Gasteiger partial charge in [-0.05, 0) is 31.2 Å². The second-order valence-corrected chi connectivity index (χ2v) is 5.39. The minimum Gasteiger partial charge on any atom is -0.450 e. The van der Waals surface area contributed by atoms with Crippen LogP contribution in [0.3, 0.4) is 0 Å². The van der Waals surface area contributed by atoms with Crippen LogP contribution in [-0.4, -0.2) is 28.2 Å². The Morgan fingerprint density at radius 2 is 2.12 bits per heavy atom. The number of anilines is 1. The highest BCUT2D eigenvalue weighted by Crippen LogP contribution is 2.23. The summed E-state index contributed by atoms with van der Waals surface area (Å²) in [5.41, 5.74) is 8.24. The second kappa shape index (κ2) is 7.04. The quantitative estimate of drug-likeness (QED) is 0.712. The summed E-state index contributed by atoms with van der Waals surface area (Å²) in [5, 5.41) is 3.47. The molecule has 0 saturated carbocycles. The van der Waals surface area contributed by atoms with E-state index in [-0.39, 0.29) is 12.5 Å². The van der Waals surface area contributed by atoms with Crippen molar-refractivity contribution in [1.29, 1.82) is 0 Å². The van der Waals surface area contributed by atoms with Crippen LogP contribution in [0.4, 0.5) is 10.5 Å². The molecule has 0 aliphatic heterocycles. The van der Waals surface area contributed by atoms with Crippen LogP contribution in [0, 0.1) is 0 Å². The van der Waals surface area contributed by atoms with Gasteiger partial charge < -0.3 is 15.8 Å². The zero-order chi connectivity index (χ0) is 17.8. The molecular weight excluding hydrogens is 320 g/mol. The number of nitrogens with one attached hydrogen (secondary N) is 1. The number of rotatable bonds is 4. The fourth-order valence-corrected chi connectivity index (χ4v) is 2.58. The summed E-state index contributed by atoms with van der Waals surface area (Å²) in [7, 11) is 0. The summed E-state index contributed by atoms with van der Waals surface area (Å²) < 4.78 is 6.32. The lowest BCUT2D eigenvalue weighted by atomic mass is 10.2. The zero-order valence-electron chi connectivity index (χ0n) is 13.7. The largest absolute Gasteiger partial charge is 0.450 e. The van der Waals surface area contributed by atoms with Gasteiger partial charge in [0.15, 0.2) is 0 Å². The molecule has 2 heterocycles. The van der Waals surface area contributed by atoms with Crippen molar-refractivity contribution in [3.63, 3.8) is 0 Å². The number of hydrogen-bond acceptors (Lipinski definition) is 5. The predicted octanol–water partition coefficient (Wildman–Crippen LogP) is 2.55. The van der Waals surface area contributed by atoms with Gasteiger partial charge in [-0.3, -0.25) is 14.3 Å². The molecule has 0 spiro atoms. The van der Waals surface area contributed by atoms with Crippen LogP contribution in [0.25, 0.3) is 10.9 Å². The third-order valence-corrected chi connectivity index (χ3v) is 3.71. The molecule has 7 nitrogen and oxygen atoms in total. The summed E-state index contributed by atoms with van der Waals surface area (Å²) in [6, 6.07) is 10.6. The van der Waals surface area contributed by atoms with Gasteiger partial charge in [0.2, 0.25) is 0 Å². The monoisotopic (exact) mass is 338 g/mol. The van der Waals surface area contributed by atoms with Crippen LogP contribution in [0.1, 0.15) is 23.0 Å². The van der Waals surface area contributed by atoms with Crippen LogP contribution in [-0.2, 0) is 11.3 Å². The van der Waals surface area contributed by atoms with Gasteiger partial charge in [-0.25, -0.2) is 4.79 Å². The molecular formula is C18H18N4O3. The minimum atomic E-state index is -0.523. The van der Waals surface area contributed by atoms with Crippen LogP contribution in [0.2, 0.25) is 0 Å². The number of para-hydroxylation sites is 1. The average Bonchev–Trinajstić information content (AvgIpc) is 3.05. The molecule has 1 aromatic carbocycles. The van der Waals surface area contributed by atoms with Crippen LogP contribution < -0.4 is 11.1 Å². The molecule has 1 amide bonds. The average molecular weight is 338 g/mol. The fraction of sp³-hybridized carbons (Fsp3) is 0.167. The summed E-state index contributed by atoms with van der Waals surface area (Å²) >= 11 is 0. The first-order valence-corrected chi connectivity index (χ1v) is 7.86. The molecule has 0 atom stereocenters. The van der Waals surface area contributed by atoms with Gasteiger partial charge in [-0.15, -0.1) is 0 Å². The van der Waals surface area contributed by atoms with Crippen molar-refractivity contribution in [1.82, 2.24) is 14.9 Å². The Morgan fingerprint density at radius 1 is 1.28 bits per heavy atom. The molecule has 0 unspecified atom stereocenters. The van der Waals surface area contributed by atoms with Gasteiger partial charge in [-0.2, -0.15) is 0 Å². The number of fused-ring (bicyclic) bond motifs is 1. The Kier molecular flexibility index (Phi) is 4.65. The molecule has 0 bridgehead atoms. The number of aromatic nitrogens is 2. The number of pyridine rings is 1. The molecule has 0 radical (unpaired) electrons. The van der Waals surface area contributed by atoms with E-state index in [1.54, 1.807) is 31.3 Å². The Hall–Kier alpha value is -3.35. The topological polar surface area (TPSA) is 99.2 Å². The molecule has 0 saturated heterocycles. The SMILES string of the molecule is CCOC(=O)NCc1cc(C(=O)n2ccc3cccc(N)c32)ccn1. The lowest BCUT2D eigenvalue weighted by Gasteiger charge is -2.08. The van der Waals surface area contributed by atoms with Gasteiger partial charge in [-0.1, -0.05) is 12.1 Å². The number of ether oxygens (including phenoxy) is 1. The van der Waals surface area contributed by atoms with E-state index in [2.05, 4.69) is 10.3 Å². The molecule has 2 aromatic heterocycles. The number of carbonyl (C=O) groups is 2. The zero-order valence-corrected chi connectivity index (χ0v) is 13.7. The molecule has 0 aliphatic carbocycles. The van der Waals surface area contributed by atoms with E-state index in [0.29, 0.717) is 29.1 Å². The molecule has 3 aromatic rings. The number of nitrogen functional groups attached to an aromatic ring is 1. The number of carbonyl (C=O) groups excluding carboxylic acids is 2. The molecule has 0 aliphatic rings. The minimum absolute atomic E-state index is 0.175. The summed E-state index contributed by atoms with van der Waals surface area (Å²) in [4.78, 5) is 28.4. The molecule has 0 fully saturated rings. The summed E-state index contributed by atoms with van der Waals surface area (Å²) in [6.07, 6.45) is 2.70. The van der Waals surface area contributed by atoms with E-state index in [1.165, 1.54) is 10.8 Å². The Bertz CT molecular complexity index is 933. The lowest BCUT2D eigenvalue weighted by molar-refractivity contribution is 0.0965. The molecule has 3 N–H and O–H groups in total. The van der Waals surface area contributed by atoms with E-state index >= 15 is 0 Å². The van der Waals surface area contributed by atoms with Crippen molar-refractivity contribution in [2.24, 2.45) is 0 Å². The number of hydrogen-bond donors (Lipinski definition) is 2. The number of nitrogens with zero attached hydrogens (tertiary/aromatic N) is 2. The number of alkyl carbamates (subject to hydrolysis) is 1. The van der Waals surface area contributed by atoms with Crippen molar-refractivity contribution < 1.29 is 14.3 Å². The third kappa shape index (κ3) is 3.45. The normalized spacial score (nSPS) is 10.6. The molecule has 25 heavy (non-hydrogen) atoms. The molecule has 128 valence electrons. The smallest absolute Gasteiger partial charge is 0.407 e. The first-order valence-electron chi connectivity index (χ1n) is 7.86. The van der Waals surface area contributed by atoms with Gasteiger partial charge in [0.25, 0.3) is 5.91 Å². The molecule has 3 rings (SSSR count). The third-order valence-electron chi connectivity index (χ3n) is 3.71. The summed E-state index contributed by atoms with van der Waals surface area (Å²) in [6.45, 7) is 2.19. The van der Waals surface area contributed by atoms with Crippen LogP contribution in [0.5, 0.6) is 0 Å². The fourth-order valence-electron chi connectivity index (χ4n) is 2.58. The Balaban J connectivity index is 1.85. The maximum atomic E-state index is 12.8. The second-order valence-electron chi connectivity index (χ2n) is 5.39. The Morgan fingerprint density at radius 3 is 2.92 bits per heavy atom. The number of amides is 1. The van der Waals surface area contributed by atoms with Gasteiger partial charge in [0.1, 0.15) is 0 Å². The van der Waals surface area contributed by atoms with Crippen LogP contribution >= 0.6 is 0 Å². The predicted molar refractivity (Wildman–Crippen MR) is 94.2 cm³/mol. The van der Waals surface area contributed by atoms with Crippen molar-refractivity contribution in [2.75, 3.05) is 12.3 Å². The van der Waals surface area contributed by atoms with E-state index in [0.717, 1.165) is 5.39 Å². The van der Waals surface area contributed by atoms with Crippen LogP contribution in [0.15, 0.2) is 48.8 Å². The first kappa shape index (κ1) is 16.5. The lowest BCUT2D eigenvalue weighted by Crippen LogP contribution is -2.24. The summed E-state index contributed by atoms with van der Waals surface area (Å²) in [5.74, 6) is -0.215. The highest BCUT2D eigenvalue weighted by molar-refractivity contribution is 6.05. The van der Waals surface area contributed by atoms with E-state index in [9.17, 15) is 9.59 Å². The highest BCUT2D eigenvalue weighted by atomic mass is 16.5. The van der Waals surface area contributed by atoms with Crippen molar-refractivity contribution in [3.8, 4) is 0 Å². The first-order chi connectivity index (χ1) is 12.1.